The lowest BCUT2D eigenvalue weighted by atomic mass is 10.2. The average Bonchev–Trinajstić information content (AvgIpc) is 2.43. The summed E-state index contributed by atoms with van der Waals surface area (Å²) in [5.41, 5.74) is 0.584. The molecule has 0 unspecified atom stereocenters. The summed E-state index contributed by atoms with van der Waals surface area (Å²) < 4.78 is 12.7. The molecule has 0 fully saturated rings. The van der Waals surface area contributed by atoms with Crippen LogP contribution in [0, 0.1) is 5.82 Å². The highest BCUT2D eigenvalue weighted by Crippen LogP contribution is 2.17. The Balaban J connectivity index is 2.57. The largest absolute Gasteiger partial charge is 0.504 e. The molecule has 16 heavy (non-hydrogen) atoms. The van der Waals surface area contributed by atoms with Crippen molar-refractivity contribution in [2.24, 2.45) is 0 Å². The summed E-state index contributed by atoms with van der Waals surface area (Å²) in [6.45, 7) is 0. The third-order valence-corrected chi connectivity index (χ3v) is 2.09. The van der Waals surface area contributed by atoms with Crippen molar-refractivity contribution in [3.05, 3.63) is 58.6 Å². The maximum atomic E-state index is 12.7. The van der Waals surface area contributed by atoms with Crippen LogP contribution >= 0.6 is 0 Å². The molecule has 0 spiro atoms. The molecule has 3 nitrogen and oxygen atoms in total. The minimum atomic E-state index is -0.464. The summed E-state index contributed by atoms with van der Waals surface area (Å²) >= 11 is 0. The summed E-state index contributed by atoms with van der Waals surface area (Å²) in [5.74, 6) is -0.788. The SMILES string of the molecule is O=c1cccc(-c2ccc(F)cn2)cc1O. The van der Waals surface area contributed by atoms with Gasteiger partial charge in [0.15, 0.2) is 5.75 Å². The van der Waals surface area contributed by atoms with Gasteiger partial charge in [-0.25, -0.2) is 4.39 Å². The molecule has 0 aliphatic heterocycles. The van der Waals surface area contributed by atoms with Crippen molar-refractivity contribution in [2.75, 3.05) is 0 Å². The maximum Gasteiger partial charge on any atom is 0.220 e. The minimum Gasteiger partial charge on any atom is -0.504 e. The Morgan fingerprint density at radius 2 is 2.00 bits per heavy atom. The van der Waals surface area contributed by atoms with E-state index in [0.717, 1.165) is 6.20 Å². The number of aromatic nitrogens is 1. The normalized spacial score (nSPS) is 10.1. The lowest BCUT2D eigenvalue weighted by Crippen LogP contribution is -1.91. The Morgan fingerprint density at radius 3 is 2.69 bits per heavy atom. The van der Waals surface area contributed by atoms with Gasteiger partial charge in [-0.3, -0.25) is 9.78 Å². The van der Waals surface area contributed by atoms with Gasteiger partial charge in [0.1, 0.15) is 5.82 Å². The van der Waals surface area contributed by atoms with Crippen molar-refractivity contribution in [1.29, 1.82) is 0 Å². The van der Waals surface area contributed by atoms with E-state index in [2.05, 4.69) is 4.98 Å². The molecule has 0 amide bonds. The lowest BCUT2D eigenvalue weighted by Gasteiger charge is -1.97. The molecule has 0 saturated carbocycles. The first-order chi connectivity index (χ1) is 7.66. The van der Waals surface area contributed by atoms with Crippen molar-refractivity contribution in [2.45, 2.75) is 0 Å². The molecule has 1 N–H and O–H groups in total. The second-order valence-electron chi connectivity index (χ2n) is 3.24. The fourth-order valence-corrected chi connectivity index (χ4v) is 1.30. The second kappa shape index (κ2) is 4.10. The molecular formula is C12H8FNO2. The van der Waals surface area contributed by atoms with Crippen LogP contribution in [0.5, 0.6) is 5.75 Å². The van der Waals surface area contributed by atoms with Gasteiger partial charge in [-0.2, -0.15) is 0 Å². The summed E-state index contributed by atoms with van der Waals surface area (Å²) in [6.07, 6.45) is 1.08. The molecule has 0 bridgehead atoms. The number of nitrogens with zero attached hydrogens (tertiary/aromatic N) is 1. The maximum absolute atomic E-state index is 12.7. The highest BCUT2D eigenvalue weighted by molar-refractivity contribution is 5.59. The van der Waals surface area contributed by atoms with Gasteiger partial charge >= 0.3 is 0 Å². The molecule has 0 aliphatic rings. The lowest BCUT2D eigenvalue weighted by molar-refractivity contribution is 0.471. The van der Waals surface area contributed by atoms with E-state index in [-0.39, 0.29) is 5.75 Å². The molecule has 2 rings (SSSR count). The van der Waals surface area contributed by atoms with Gasteiger partial charge in [0.25, 0.3) is 0 Å². The highest BCUT2D eigenvalue weighted by atomic mass is 19.1. The van der Waals surface area contributed by atoms with Crippen molar-refractivity contribution in [3.63, 3.8) is 0 Å². The van der Waals surface area contributed by atoms with Gasteiger partial charge in [0.05, 0.1) is 11.9 Å². The number of hydrogen-bond acceptors (Lipinski definition) is 3. The van der Waals surface area contributed by atoms with E-state index >= 15 is 0 Å². The smallest absolute Gasteiger partial charge is 0.220 e. The zero-order valence-electron chi connectivity index (χ0n) is 8.22. The van der Waals surface area contributed by atoms with Crippen LogP contribution in [0.15, 0.2) is 47.4 Å². The first-order valence-electron chi connectivity index (χ1n) is 4.62. The quantitative estimate of drug-likeness (QED) is 0.794. The van der Waals surface area contributed by atoms with E-state index in [1.807, 2.05) is 0 Å². The van der Waals surface area contributed by atoms with Gasteiger partial charge in [-0.1, -0.05) is 12.1 Å². The summed E-state index contributed by atoms with van der Waals surface area (Å²) in [4.78, 5) is 15.0. The van der Waals surface area contributed by atoms with E-state index in [0.29, 0.717) is 11.3 Å². The molecule has 1 aromatic heterocycles. The van der Waals surface area contributed by atoms with E-state index in [1.54, 1.807) is 6.07 Å². The van der Waals surface area contributed by atoms with Crippen molar-refractivity contribution >= 4 is 0 Å². The van der Waals surface area contributed by atoms with Crippen LogP contribution < -0.4 is 5.43 Å². The summed E-state index contributed by atoms with van der Waals surface area (Å²) in [5, 5.41) is 9.36. The summed E-state index contributed by atoms with van der Waals surface area (Å²) in [7, 11) is 0. The van der Waals surface area contributed by atoms with Crippen LogP contribution in [0.25, 0.3) is 11.3 Å². The fraction of sp³-hybridized carbons (Fsp3) is 0. The Kier molecular flexibility index (Phi) is 2.64. The molecule has 0 atom stereocenters. The molecular weight excluding hydrogens is 209 g/mol. The van der Waals surface area contributed by atoms with E-state index in [1.165, 1.54) is 30.3 Å². The monoisotopic (exact) mass is 217 g/mol. The van der Waals surface area contributed by atoms with Gasteiger partial charge in [0.2, 0.25) is 5.43 Å². The Hall–Kier alpha value is -2.23. The molecule has 1 aromatic carbocycles. The predicted octanol–water partition coefficient (Wildman–Crippen LogP) is 1.95. The molecule has 2 aromatic rings. The molecule has 4 heteroatoms. The van der Waals surface area contributed by atoms with Gasteiger partial charge in [0, 0.05) is 5.56 Å². The van der Waals surface area contributed by atoms with Gasteiger partial charge in [-0.05, 0) is 24.3 Å². The summed E-state index contributed by atoms with van der Waals surface area (Å²) in [6, 6.07) is 8.45. The average molecular weight is 217 g/mol. The number of rotatable bonds is 1. The van der Waals surface area contributed by atoms with Gasteiger partial charge in [-0.15, -0.1) is 0 Å². The highest BCUT2D eigenvalue weighted by Gasteiger charge is 2.01. The number of pyridine rings is 1. The first kappa shape index (κ1) is 10.3. The Bertz CT molecular complexity index is 567. The Morgan fingerprint density at radius 1 is 1.19 bits per heavy atom. The zero-order chi connectivity index (χ0) is 11.5. The van der Waals surface area contributed by atoms with Crippen LogP contribution in [0.1, 0.15) is 0 Å². The molecule has 0 aliphatic carbocycles. The van der Waals surface area contributed by atoms with Crippen molar-refractivity contribution < 1.29 is 9.50 Å². The third kappa shape index (κ3) is 2.06. The van der Waals surface area contributed by atoms with E-state index < -0.39 is 11.2 Å². The van der Waals surface area contributed by atoms with Crippen LogP contribution in [0.3, 0.4) is 0 Å². The molecule has 80 valence electrons. The van der Waals surface area contributed by atoms with Crippen LogP contribution in [-0.2, 0) is 0 Å². The van der Waals surface area contributed by atoms with Gasteiger partial charge < -0.3 is 5.11 Å². The third-order valence-electron chi connectivity index (χ3n) is 2.09. The van der Waals surface area contributed by atoms with Crippen LogP contribution in [-0.4, -0.2) is 10.1 Å². The molecule has 0 saturated heterocycles. The second-order valence-corrected chi connectivity index (χ2v) is 3.24. The van der Waals surface area contributed by atoms with Crippen molar-refractivity contribution in [1.82, 2.24) is 4.98 Å². The van der Waals surface area contributed by atoms with E-state index in [4.69, 9.17) is 0 Å². The van der Waals surface area contributed by atoms with Crippen LogP contribution in [0.2, 0.25) is 0 Å². The predicted molar refractivity (Wildman–Crippen MR) is 57.6 cm³/mol. The van der Waals surface area contributed by atoms with Crippen molar-refractivity contribution in [3.8, 4) is 17.0 Å². The topological polar surface area (TPSA) is 50.2 Å². The number of halogens is 1. The number of hydrogen-bond donors (Lipinski definition) is 1. The molecule has 0 radical (unpaired) electrons. The number of aromatic hydroxyl groups is 1. The minimum absolute atomic E-state index is 0.355. The molecule has 1 heterocycles. The fourth-order valence-electron chi connectivity index (χ4n) is 1.30. The van der Waals surface area contributed by atoms with Crippen LogP contribution in [0.4, 0.5) is 4.39 Å². The zero-order valence-corrected chi connectivity index (χ0v) is 8.22. The first-order valence-corrected chi connectivity index (χ1v) is 4.62. The standard InChI is InChI=1S/C12H8FNO2/c13-9-4-5-10(14-7-9)8-2-1-3-11(15)12(16)6-8/h1-7H,(H,15,16). The van der Waals surface area contributed by atoms with E-state index in [9.17, 15) is 14.3 Å². The Labute approximate surface area is 90.8 Å².